The van der Waals surface area contributed by atoms with Crippen molar-refractivity contribution in [1.82, 2.24) is 19.4 Å². The van der Waals surface area contributed by atoms with Crippen LogP contribution in [0.2, 0.25) is 0 Å². The molecule has 6 nitrogen and oxygen atoms in total. The molecule has 0 unspecified atom stereocenters. The van der Waals surface area contributed by atoms with E-state index in [1.54, 1.807) is 12.1 Å². The third-order valence-corrected chi connectivity index (χ3v) is 8.12. The molecule has 8 heteroatoms. The summed E-state index contributed by atoms with van der Waals surface area (Å²) in [4.78, 5) is 11.8. The Hall–Kier alpha value is -3.36. The van der Waals surface area contributed by atoms with Crippen LogP contribution in [0.5, 0.6) is 5.75 Å². The zero-order valence-corrected chi connectivity index (χ0v) is 20.1. The van der Waals surface area contributed by atoms with Crippen LogP contribution in [0, 0.1) is 0 Å². The highest BCUT2D eigenvalue weighted by Crippen LogP contribution is 2.50. The summed E-state index contributed by atoms with van der Waals surface area (Å²) in [6.07, 6.45) is 4.05. The molecular weight excluding hydrogens is 462 g/mol. The Labute approximate surface area is 207 Å². The molecule has 4 heterocycles. The van der Waals surface area contributed by atoms with Crippen LogP contribution in [0.4, 0.5) is 8.78 Å². The number of hydrogen-bond acceptors (Lipinski definition) is 5. The number of alkyl halides is 2. The first-order valence-electron chi connectivity index (χ1n) is 12.3. The minimum atomic E-state index is -2.88. The molecule has 3 atom stereocenters. The number of pyridine rings is 1. The van der Waals surface area contributed by atoms with Crippen LogP contribution in [0.1, 0.15) is 60.1 Å². The second kappa shape index (κ2) is 7.57. The smallest absolute Gasteiger partial charge is 0.387 e. The highest BCUT2D eigenvalue weighted by atomic mass is 19.3. The Morgan fingerprint density at radius 3 is 2.81 bits per heavy atom. The molecule has 0 radical (unpaired) electrons. The van der Waals surface area contributed by atoms with E-state index in [-0.39, 0.29) is 17.8 Å². The van der Waals surface area contributed by atoms with Crippen LogP contribution in [-0.2, 0) is 18.6 Å². The van der Waals surface area contributed by atoms with Gasteiger partial charge in [0.25, 0.3) is 0 Å². The second-order valence-corrected chi connectivity index (χ2v) is 10.4. The summed E-state index contributed by atoms with van der Waals surface area (Å²) in [5, 5.41) is 10.6. The van der Waals surface area contributed by atoms with Crippen LogP contribution >= 0.6 is 0 Å². The van der Waals surface area contributed by atoms with Crippen molar-refractivity contribution in [3.8, 4) is 16.9 Å². The standard InChI is InChI=1S/C28H26F2N4O2/c1-28(35)9-8-16-10-18(13-31-25(16)28)15-6-7-19-20(11-15)34-21-12-22(26(34)32-19)33(2)14-17-4-3-5-23(24(17)21)36-27(29)30/h3-7,10-11,13,21-22,27,35H,8-9,12,14H2,1-2H3/t21-,22-,28-/m1/s1. The van der Waals surface area contributed by atoms with Gasteiger partial charge in [-0.3, -0.25) is 9.88 Å². The van der Waals surface area contributed by atoms with Crippen molar-refractivity contribution in [3.05, 3.63) is 76.9 Å². The van der Waals surface area contributed by atoms with Gasteiger partial charge in [-0.25, -0.2) is 4.98 Å². The van der Waals surface area contributed by atoms with E-state index in [0.717, 1.165) is 63.2 Å². The molecule has 1 N–H and O–H groups in total. The first-order chi connectivity index (χ1) is 17.3. The normalized spacial score (nSPS) is 24.6. The SMILES string of the molecule is CN1Cc2cccc(OC(F)F)c2[C@H]2C[C@@H]1c1nc3ccc(-c4cnc5c(c4)CC[C@@]5(C)O)cc3n12. The summed E-state index contributed by atoms with van der Waals surface area (Å²) in [6, 6.07) is 13.7. The van der Waals surface area contributed by atoms with Crippen molar-refractivity contribution in [2.24, 2.45) is 0 Å². The predicted octanol–water partition coefficient (Wildman–Crippen LogP) is 5.33. The van der Waals surface area contributed by atoms with E-state index in [1.807, 2.05) is 31.3 Å². The fourth-order valence-corrected chi connectivity index (χ4v) is 6.42. The molecule has 2 aromatic heterocycles. The average Bonchev–Trinajstić information content (AvgIpc) is 3.45. The topological polar surface area (TPSA) is 63.4 Å². The zero-order chi connectivity index (χ0) is 24.8. The lowest BCUT2D eigenvalue weighted by molar-refractivity contribution is -0.0507. The number of aryl methyl sites for hydroxylation is 1. The third-order valence-electron chi connectivity index (χ3n) is 8.12. The van der Waals surface area contributed by atoms with Crippen molar-refractivity contribution in [1.29, 1.82) is 0 Å². The van der Waals surface area contributed by atoms with Crippen LogP contribution in [0.25, 0.3) is 22.2 Å². The molecule has 0 spiro atoms. The van der Waals surface area contributed by atoms with Gasteiger partial charge in [0.1, 0.15) is 17.2 Å². The Morgan fingerprint density at radius 1 is 1.11 bits per heavy atom. The highest BCUT2D eigenvalue weighted by molar-refractivity contribution is 5.83. The van der Waals surface area contributed by atoms with Gasteiger partial charge in [-0.15, -0.1) is 0 Å². The quantitative estimate of drug-likeness (QED) is 0.422. The van der Waals surface area contributed by atoms with E-state index in [0.29, 0.717) is 13.0 Å². The summed E-state index contributed by atoms with van der Waals surface area (Å²) < 4.78 is 33.8. The molecule has 0 amide bonds. The molecule has 3 aliphatic rings. The molecular formula is C28H26F2N4O2. The fourth-order valence-electron chi connectivity index (χ4n) is 6.42. The maximum atomic E-state index is 13.3. The number of aliphatic hydroxyl groups is 1. The molecule has 184 valence electrons. The van der Waals surface area contributed by atoms with E-state index < -0.39 is 12.2 Å². The monoisotopic (exact) mass is 488 g/mol. The van der Waals surface area contributed by atoms with Gasteiger partial charge in [0.2, 0.25) is 0 Å². The van der Waals surface area contributed by atoms with Crippen molar-refractivity contribution >= 4 is 11.0 Å². The van der Waals surface area contributed by atoms with Crippen LogP contribution in [-0.4, -0.2) is 38.2 Å². The number of rotatable bonds is 3. The molecule has 0 saturated heterocycles. The molecule has 0 fully saturated rings. The second-order valence-electron chi connectivity index (χ2n) is 10.4. The van der Waals surface area contributed by atoms with Gasteiger partial charge in [-0.2, -0.15) is 8.78 Å². The first-order valence-corrected chi connectivity index (χ1v) is 12.3. The van der Waals surface area contributed by atoms with Crippen molar-refractivity contribution in [2.75, 3.05) is 7.05 Å². The highest BCUT2D eigenvalue weighted by Gasteiger charge is 2.42. The number of fused-ring (bicyclic) bond motifs is 10. The Bertz CT molecular complexity index is 1530. The van der Waals surface area contributed by atoms with Gasteiger partial charge in [0, 0.05) is 23.9 Å². The lowest BCUT2D eigenvalue weighted by Crippen LogP contribution is -2.23. The minimum absolute atomic E-state index is 0.0848. The third kappa shape index (κ3) is 3.14. The molecule has 1 aliphatic carbocycles. The van der Waals surface area contributed by atoms with E-state index in [2.05, 4.69) is 33.6 Å². The molecule has 0 saturated carbocycles. The summed E-state index contributed by atoms with van der Waals surface area (Å²) >= 11 is 0. The van der Waals surface area contributed by atoms with E-state index in [1.165, 1.54) is 0 Å². The Kier molecular flexibility index (Phi) is 4.60. The van der Waals surface area contributed by atoms with Gasteiger partial charge < -0.3 is 14.4 Å². The van der Waals surface area contributed by atoms with Gasteiger partial charge in [0.15, 0.2) is 0 Å². The molecule has 2 aliphatic heterocycles. The van der Waals surface area contributed by atoms with Crippen LogP contribution < -0.4 is 4.74 Å². The Morgan fingerprint density at radius 2 is 1.97 bits per heavy atom. The maximum absolute atomic E-state index is 13.3. The molecule has 2 bridgehead atoms. The molecule has 7 rings (SSSR count). The first kappa shape index (κ1) is 21.9. The largest absolute Gasteiger partial charge is 0.434 e. The fraction of sp³-hybridized carbons (Fsp3) is 0.357. The van der Waals surface area contributed by atoms with Gasteiger partial charge in [0.05, 0.1) is 28.8 Å². The molecule has 4 aromatic rings. The summed E-state index contributed by atoms with van der Waals surface area (Å²) in [5.41, 5.74) is 6.62. The average molecular weight is 489 g/mol. The maximum Gasteiger partial charge on any atom is 0.387 e. The zero-order valence-electron chi connectivity index (χ0n) is 20.1. The van der Waals surface area contributed by atoms with Gasteiger partial charge >= 0.3 is 6.61 Å². The van der Waals surface area contributed by atoms with Crippen molar-refractivity contribution in [2.45, 2.75) is 57.0 Å². The molecule has 2 aromatic carbocycles. The predicted molar refractivity (Wildman–Crippen MR) is 131 cm³/mol. The van der Waals surface area contributed by atoms with E-state index >= 15 is 0 Å². The number of halogens is 2. The van der Waals surface area contributed by atoms with Crippen LogP contribution in [0.3, 0.4) is 0 Å². The van der Waals surface area contributed by atoms with E-state index in [9.17, 15) is 13.9 Å². The lowest BCUT2D eigenvalue weighted by Gasteiger charge is -2.24. The Balaban J connectivity index is 1.39. The number of nitrogens with zero attached hydrogens (tertiary/aromatic N) is 4. The number of ether oxygens (including phenoxy) is 1. The van der Waals surface area contributed by atoms with Gasteiger partial charge in [-0.1, -0.05) is 18.2 Å². The van der Waals surface area contributed by atoms with Crippen molar-refractivity contribution < 1.29 is 18.6 Å². The number of imidazole rings is 1. The van der Waals surface area contributed by atoms with Crippen LogP contribution in [0.15, 0.2) is 48.7 Å². The summed E-state index contributed by atoms with van der Waals surface area (Å²) in [6.45, 7) is -0.418. The van der Waals surface area contributed by atoms with Gasteiger partial charge in [-0.05, 0) is 74.2 Å². The number of aromatic nitrogens is 3. The summed E-state index contributed by atoms with van der Waals surface area (Å²) in [7, 11) is 2.06. The van der Waals surface area contributed by atoms with Crippen molar-refractivity contribution in [3.63, 3.8) is 0 Å². The van der Waals surface area contributed by atoms with E-state index in [4.69, 9.17) is 9.72 Å². The summed E-state index contributed by atoms with van der Waals surface area (Å²) in [5.74, 6) is 1.19. The molecule has 36 heavy (non-hydrogen) atoms. The number of benzene rings is 2. The number of hydrogen-bond donors (Lipinski definition) is 1. The lowest BCUT2D eigenvalue weighted by atomic mass is 9.97. The minimum Gasteiger partial charge on any atom is -0.434 e.